The van der Waals surface area contributed by atoms with Gasteiger partial charge in [0, 0.05) is 28.6 Å². The molecule has 41 heavy (non-hydrogen) atoms. The zero-order chi connectivity index (χ0) is 28.1. The van der Waals surface area contributed by atoms with Gasteiger partial charge in [0.15, 0.2) is 0 Å². The van der Waals surface area contributed by atoms with E-state index in [4.69, 9.17) is 9.15 Å². The highest BCUT2D eigenvalue weighted by atomic mass is 16.5. The number of nitrogens with one attached hydrogen (secondary N) is 2. The van der Waals surface area contributed by atoms with Gasteiger partial charge in [-0.25, -0.2) is 9.69 Å². The van der Waals surface area contributed by atoms with Crippen LogP contribution < -0.4 is 15.0 Å². The highest BCUT2D eigenvalue weighted by molar-refractivity contribution is 6.22. The third-order valence-electron chi connectivity index (χ3n) is 7.85. The fraction of sp³-hybridized carbons (Fsp3) is 0.156. The number of imide groups is 1. The maximum Gasteiger partial charge on any atom is 0.332 e. The molecule has 2 N–H and O–H groups in total. The third-order valence-corrected chi connectivity index (χ3v) is 7.85. The van der Waals surface area contributed by atoms with Gasteiger partial charge in [0.25, 0.3) is 11.8 Å². The number of rotatable bonds is 6. The van der Waals surface area contributed by atoms with Crippen LogP contribution in [-0.4, -0.2) is 40.9 Å². The molecule has 0 saturated carbocycles. The first-order valence-electron chi connectivity index (χ1n) is 13.3. The number of benzene rings is 3. The molecule has 0 radical (unpaired) electrons. The summed E-state index contributed by atoms with van der Waals surface area (Å²) >= 11 is 0. The largest absolute Gasteiger partial charge is 0.497 e. The van der Waals surface area contributed by atoms with Crippen molar-refractivity contribution in [3.63, 3.8) is 0 Å². The molecule has 4 amide bonds. The van der Waals surface area contributed by atoms with Crippen molar-refractivity contribution in [3.05, 3.63) is 119 Å². The molecule has 1 saturated heterocycles. The Kier molecular flexibility index (Phi) is 5.85. The summed E-state index contributed by atoms with van der Waals surface area (Å²) in [7, 11) is 1.60. The standard InChI is InChI=1S/C32H26N4O5/c1-40-22-7-4-6-20(16-22)29-28-25(24-9-2-3-10-26(24)34-28)17-27-31(38)35(32(39)36(27)29)21-13-11-19(12-14-21)30(37)33-18-23-8-5-15-41-23/h2-16,27,29,34H,17-18H2,1H3,(H,33,37)/t27-,29?/m0/s1. The number of hydrogen-bond acceptors (Lipinski definition) is 5. The molecule has 1 unspecified atom stereocenters. The van der Waals surface area contributed by atoms with E-state index < -0.39 is 18.1 Å². The lowest BCUT2D eigenvalue weighted by Gasteiger charge is -2.36. The molecule has 4 heterocycles. The Labute approximate surface area is 235 Å². The van der Waals surface area contributed by atoms with Crippen LogP contribution in [0, 0.1) is 0 Å². The second kappa shape index (κ2) is 9.71. The quantitative estimate of drug-likeness (QED) is 0.285. The maximum absolute atomic E-state index is 14.1. The SMILES string of the molecule is COc1cccc(C2c3[nH]c4ccccc4c3C[C@H]3C(=O)N(c4ccc(C(=O)NCc5ccco5)cc4)C(=O)N23)c1. The molecule has 5 aromatic rings. The van der Waals surface area contributed by atoms with Crippen LogP contribution in [-0.2, 0) is 17.8 Å². The van der Waals surface area contributed by atoms with Gasteiger partial charge >= 0.3 is 6.03 Å². The lowest BCUT2D eigenvalue weighted by molar-refractivity contribution is -0.120. The molecule has 3 aromatic carbocycles. The summed E-state index contributed by atoms with van der Waals surface area (Å²) in [5.41, 5.74) is 4.55. The number of aromatic nitrogens is 1. The Hall–Kier alpha value is -5.31. The third kappa shape index (κ3) is 4.05. The number of anilines is 1. The van der Waals surface area contributed by atoms with Gasteiger partial charge in [-0.15, -0.1) is 0 Å². The summed E-state index contributed by atoms with van der Waals surface area (Å²) in [5.74, 6) is 0.725. The van der Waals surface area contributed by atoms with Crippen LogP contribution in [0.4, 0.5) is 10.5 Å². The van der Waals surface area contributed by atoms with Crippen molar-refractivity contribution in [1.82, 2.24) is 15.2 Å². The van der Waals surface area contributed by atoms with Crippen LogP contribution in [0.2, 0.25) is 0 Å². The van der Waals surface area contributed by atoms with Crippen LogP contribution in [0.15, 0.2) is 95.6 Å². The fourth-order valence-electron chi connectivity index (χ4n) is 5.91. The number of urea groups is 1. The number of para-hydroxylation sites is 1. The Balaban J connectivity index is 1.23. The van der Waals surface area contributed by atoms with Gasteiger partial charge in [0.1, 0.15) is 23.6 Å². The molecule has 9 heteroatoms. The molecule has 9 nitrogen and oxygen atoms in total. The number of carbonyl (C=O) groups excluding carboxylic acids is 3. The summed E-state index contributed by atoms with van der Waals surface area (Å²) in [6, 6.07) is 24.0. The monoisotopic (exact) mass is 546 g/mol. The number of fused-ring (bicyclic) bond motifs is 4. The molecule has 204 valence electrons. The zero-order valence-corrected chi connectivity index (χ0v) is 22.2. The average molecular weight is 547 g/mol. The van der Waals surface area contributed by atoms with Gasteiger partial charge < -0.3 is 19.5 Å². The number of H-pyrrole nitrogens is 1. The number of furan rings is 1. The first kappa shape index (κ1) is 24.7. The zero-order valence-electron chi connectivity index (χ0n) is 22.2. The number of nitrogens with zero attached hydrogens (tertiary/aromatic N) is 2. The molecule has 2 atom stereocenters. The maximum atomic E-state index is 14.1. The minimum Gasteiger partial charge on any atom is -0.497 e. The van der Waals surface area contributed by atoms with Crippen molar-refractivity contribution in [2.45, 2.75) is 25.0 Å². The number of carbonyl (C=O) groups is 3. The van der Waals surface area contributed by atoms with Crippen molar-refractivity contribution in [1.29, 1.82) is 0 Å². The second-order valence-electron chi connectivity index (χ2n) is 10.1. The predicted molar refractivity (Wildman–Crippen MR) is 152 cm³/mol. The van der Waals surface area contributed by atoms with E-state index >= 15 is 0 Å². The molecular formula is C32H26N4O5. The van der Waals surface area contributed by atoms with Crippen molar-refractivity contribution < 1.29 is 23.5 Å². The molecule has 2 aliphatic rings. The normalized spacial score (nSPS) is 18.0. The molecule has 2 aromatic heterocycles. The van der Waals surface area contributed by atoms with Gasteiger partial charge in [-0.2, -0.15) is 0 Å². The van der Waals surface area contributed by atoms with E-state index in [-0.39, 0.29) is 18.4 Å². The molecule has 0 bridgehead atoms. The number of methoxy groups -OCH3 is 1. The smallest absolute Gasteiger partial charge is 0.332 e. The van der Waals surface area contributed by atoms with Crippen molar-refractivity contribution in [2.24, 2.45) is 0 Å². The van der Waals surface area contributed by atoms with Crippen LogP contribution in [0.5, 0.6) is 5.75 Å². The van der Waals surface area contributed by atoms with Gasteiger partial charge in [-0.1, -0.05) is 30.3 Å². The Morgan fingerprint density at radius 1 is 1.02 bits per heavy atom. The summed E-state index contributed by atoms with van der Waals surface area (Å²) in [4.78, 5) is 47.0. The average Bonchev–Trinajstić information content (AvgIpc) is 3.72. The first-order valence-corrected chi connectivity index (χ1v) is 13.3. The van der Waals surface area contributed by atoms with Crippen molar-refractivity contribution in [3.8, 4) is 5.75 Å². The van der Waals surface area contributed by atoms with E-state index in [9.17, 15) is 14.4 Å². The minimum absolute atomic E-state index is 0.258. The Bertz CT molecular complexity index is 1790. The number of ether oxygens (including phenoxy) is 1. The second-order valence-corrected chi connectivity index (χ2v) is 10.1. The lowest BCUT2D eigenvalue weighted by atomic mass is 9.89. The number of aromatic amines is 1. The number of amides is 4. The summed E-state index contributed by atoms with van der Waals surface area (Å²) in [5, 5.41) is 3.84. The highest BCUT2D eigenvalue weighted by Gasteiger charge is 2.53. The molecule has 1 fully saturated rings. The molecule has 0 aliphatic carbocycles. The van der Waals surface area contributed by atoms with E-state index in [1.807, 2.05) is 48.5 Å². The van der Waals surface area contributed by atoms with Gasteiger partial charge in [-0.05, 0) is 65.7 Å². The molecule has 0 spiro atoms. The minimum atomic E-state index is -0.679. The van der Waals surface area contributed by atoms with Gasteiger partial charge in [-0.3, -0.25) is 14.5 Å². The van der Waals surface area contributed by atoms with E-state index in [1.54, 1.807) is 54.7 Å². The van der Waals surface area contributed by atoms with Crippen LogP contribution in [0.1, 0.15) is 39.0 Å². The number of hydrogen-bond donors (Lipinski definition) is 2. The van der Waals surface area contributed by atoms with E-state index in [1.165, 1.54) is 4.90 Å². The van der Waals surface area contributed by atoms with E-state index in [0.29, 0.717) is 29.2 Å². The van der Waals surface area contributed by atoms with E-state index in [2.05, 4.69) is 10.3 Å². The molecule has 7 rings (SSSR count). The fourth-order valence-corrected chi connectivity index (χ4v) is 5.91. The predicted octanol–water partition coefficient (Wildman–Crippen LogP) is 5.18. The topological polar surface area (TPSA) is 108 Å². The Morgan fingerprint density at radius 3 is 2.63 bits per heavy atom. The van der Waals surface area contributed by atoms with Crippen molar-refractivity contribution >= 4 is 34.4 Å². The highest BCUT2D eigenvalue weighted by Crippen LogP contribution is 2.45. The van der Waals surface area contributed by atoms with Gasteiger partial charge in [0.05, 0.1) is 25.6 Å². The van der Waals surface area contributed by atoms with Crippen molar-refractivity contribution in [2.75, 3.05) is 12.0 Å². The van der Waals surface area contributed by atoms with E-state index in [0.717, 1.165) is 27.7 Å². The van der Waals surface area contributed by atoms with Gasteiger partial charge in [0.2, 0.25) is 0 Å². The summed E-state index contributed by atoms with van der Waals surface area (Å²) in [6.07, 6.45) is 1.94. The van der Waals surface area contributed by atoms with Crippen LogP contribution >= 0.6 is 0 Å². The first-order chi connectivity index (χ1) is 20.0. The summed E-state index contributed by atoms with van der Waals surface area (Å²) < 4.78 is 10.7. The Morgan fingerprint density at radius 2 is 1.85 bits per heavy atom. The molecule has 2 aliphatic heterocycles. The summed E-state index contributed by atoms with van der Waals surface area (Å²) in [6.45, 7) is 0.258. The molecular weight excluding hydrogens is 520 g/mol. The van der Waals surface area contributed by atoms with Crippen LogP contribution in [0.3, 0.4) is 0 Å². The van der Waals surface area contributed by atoms with Crippen LogP contribution in [0.25, 0.3) is 10.9 Å². The lowest BCUT2D eigenvalue weighted by Crippen LogP contribution is -2.44.